The van der Waals surface area contributed by atoms with Gasteiger partial charge in [-0.15, -0.1) is 0 Å². The van der Waals surface area contributed by atoms with Crippen molar-refractivity contribution >= 4 is 17.6 Å². The summed E-state index contributed by atoms with van der Waals surface area (Å²) < 4.78 is 1.67. The molecule has 2 amide bonds. The normalized spacial score (nSPS) is 38.0. The minimum Gasteiger partial charge on any atom is -0.330 e. The van der Waals surface area contributed by atoms with Crippen molar-refractivity contribution in [1.82, 2.24) is 14.7 Å². The van der Waals surface area contributed by atoms with Crippen LogP contribution in [0.15, 0.2) is 12.3 Å². The van der Waals surface area contributed by atoms with Crippen molar-refractivity contribution in [2.24, 2.45) is 30.2 Å². The van der Waals surface area contributed by atoms with Gasteiger partial charge in [0.15, 0.2) is 5.82 Å². The molecule has 4 bridgehead atoms. The SMILES string of the molecule is Cn1ccc(NC(=O)C2CCCN2C(=O)C23CC4CC(CC(C4)C2)C3)n1. The minimum absolute atomic E-state index is 0.0840. The van der Waals surface area contributed by atoms with E-state index in [0.29, 0.717) is 5.82 Å². The molecule has 6 heteroatoms. The maximum atomic E-state index is 13.6. The van der Waals surface area contributed by atoms with E-state index in [1.165, 1.54) is 19.3 Å². The van der Waals surface area contributed by atoms with Crippen molar-refractivity contribution in [2.45, 2.75) is 57.4 Å². The first-order valence-corrected chi connectivity index (χ1v) is 10.1. The summed E-state index contributed by atoms with van der Waals surface area (Å²) >= 11 is 0. The fourth-order valence-corrected chi connectivity index (χ4v) is 6.65. The summed E-state index contributed by atoms with van der Waals surface area (Å²) in [5, 5.41) is 7.13. The number of anilines is 1. The molecule has 6 nitrogen and oxygen atoms in total. The van der Waals surface area contributed by atoms with Gasteiger partial charge in [0.25, 0.3) is 0 Å². The molecule has 0 radical (unpaired) electrons. The number of likely N-dealkylation sites (tertiary alicyclic amines) is 1. The second-order valence-electron chi connectivity index (χ2n) is 9.22. The van der Waals surface area contributed by atoms with Crippen LogP contribution in [-0.2, 0) is 16.6 Å². The highest BCUT2D eigenvalue weighted by Crippen LogP contribution is 2.60. The van der Waals surface area contributed by atoms with Gasteiger partial charge >= 0.3 is 0 Å². The van der Waals surface area contributed by atoms with Gasteiger partial charge in [-0.05, 0) is 69.1 Å². The Morgan fingerprint density at radius 1 is 1.15 bits per heavy atom. The Morgan fingerprint density at radius 3 is 2.38 bits per heavy atom. The molecule has 1 aromatic rings. The Hall–Kier alpha value is -1.85. The molecular formula is C20H28N4O2. The smallest absolute Gasteiger partial charge is 0.248 e. The molecule has 140 valence electrons. The van der Waals surface area contributed by atoms with Crippen molar-refractivity contribution in [2.75, 3.05) is 11.9 Å². The van der Waals surface area contributed by atoms with Crippen LogP contribution in [-0.4, -0.2) is 39.1 Å². The van der Waals surface area contributed by atoms with Crippen LogP contribution < -0.4 is 5.32 Å². The summed E-state index contributed by atoms with van der Waals surface area (Å²) in [5.74, 6) is 2.98. The average Bonchev–Trinajstić information content (AvgIpc) is 3.22. The molecule has 1 saturated heterocycles. The lowest BCUT2D eigenvalue weighted by molar-refractivity contribution is -0.160. The Bertz CT molecular complexity index is 705. The van der Waals surface area contributed by atoms with Gasteiger partial charge in [0, 0.05) is 25.9 Å². The number of aryl methyl sites for hydroxylation is 1. The van der Waals surface area contributed by atoms with E-state index < -0.39 is 0 Å². The first-order valence-electron chi connectivity index (χ1n) is 10.1. The lowest BCUT2D eigenvalue weighted by atomic mass is 9.49. The molecule has 0 aromatic carbocycles. The molecule has 1 atom stereocenters. The third-order valence-corrected chi connectivity index (χ3v) is 7.27. The average molecular weight is 356 g/mol. The molecule has 2 heterocycles. The van der Waals surface area contributed by atoms with Crippen LogP contribution in [0.3, 0.4) is 0 Å². The lowest BCUT2D eigenvalue weighted by Gasteiger charge is -2.56. The maximum Gasteiger partial charge on any atom is 0.248 e. The molecule has 1 aliphatic heterocycles. The van der Waals surface area contributed by atoms with E-state index >= 15 is 0 Å². The molecule has 1 N–H and O–H groups in total. The van der Waals surface area contributed by atoms with Crippen LogP contribution >= 0.6 is 0 Å². The van der Waals surface area contributed by atoms with Crippen LogP contribution in [0.1, 0.15) is 51.4 Å². The fraction of sp³-hybridized carbons (Fsp3) is 0.750. The van der Waals surface area contributed by atoms with Gasteiger partial charge in [0.2, 0.25) is 11.8 Å². The van der Waals surface area contributed by atoms with E-state index in [1.54, 1.807) is 10.7 Å². The van der Waals surface area contributed by atoms with Gasteiger partial charge in [0.1, 0.15) is 6.04 Å². The monoisotopic (exact) mass is 356 g/mol. The Balaban J connectivity index is 1.34. The van der Waals surface area contributed by atoms with Crippen LogP contribution in [0.4, 0.5) is 5.82 Å². The number of hydrogen-bond donors (Lipinski definition) is 1. The van der Waals surface area contributed by atoms with Gasteiger partial charge < -0.3 is 10.2 Å². The van der Waals surface area contributed by atoms with Crippen LogP contribution in [0.25, 0.3) is 0 Å². The second-order valence-corrected chi connectivity index (χ2v) is 9.22. The Labute approximate surface area is 154 Å². The van der Waals surface area contributed by atoms with Crippen molar-refractivity contribution in [3.05, 3.63) is 12.3 Å². The zero-order chi connectivity index (χ0) is 17.9. The number of nitrogens with zero attached hydrogens (tertiary/aromatic N) is 3. The highest BCUT2D eigenvalue weighted by Gasteiger charge is 2.56. The van der Waals surface area contributed by atoms with E-state index in [9.17, 15) is 9.59 Å². The van der Waals surface area contributed by atoms with Crippen LogP contribution in [0.2, 0.25) is 0 Å². The van der Waals surface area contributed by atoms with Crippen molar-refractivity contribution < 1.29 is 9.59 Å². The number of rotatable bonds is 3. The number of carbonyl (C=O) groups is 2. The topological polar surface area (TPSA) is 67.2 Å². The zero-order valence-corrected chi connectivity index (χ0v) is 15.5. The summed E-state index contributed by atoms with van der Waals surface area (Å²) in [4.78, 5) is 28.3. The highest BCUT2D eigenvalue weighted by molar-refractivity contribution is 5.97. The quantitative estimate of drug-likeness (QED) is 0.905. The third kappa shape index (κ3) is 2.57. The van der Waals surface area contributed by atoms with Gasteiger partial charge in [0.05, 0.1) is 5.41 Å². The Kier molecular flexibility index (Phi) is 3.66. The fourth-order valence-electron chi connectivity index (χ4n) is 6.65. The van der Waals surface area contributed by atoms with Crippen molar-refractivity contribution in [3.8, 4) is 0 Å². The molecule has 5 fully saturated rings. The van der Waals surface area contributed by atoms with E-state index in [0.717, 1.165) is 56.4 Å². The van der Waals surface area contributed by atoms with Gasteiger partial charge in [-0.3, -0.25) is 14.3 Å². The first kappa shape index (κ1) is 16.3. The van der Waals surface area contributed by atoms with E-state index in [2.05, 4.69) is 10.4 Å². The largest absolute Gasteiger partial charge is 0.330 e. The zero-order valence-electron chi connectivity index (χ0n) is 15.5. The first-order chi connectivity index (χ1) is 12.5. The van der Waals surface area contributed by atoms with E-state index in [1.807, 2.05) is 18.1 Å². The number of hydrogen-bond acceptors (Lipinski definition) is 3. The number of carbonyl (C=O) groups excluding carboxylic acids is 2. The van der Waals surface area contributed by atoms with Crippen LogP contribution in [0, 0.1) is 23.2 Å². The molecule has 4 saturated carbocycles. The number of amides is 2. The van der Waals surface area contributed by atoms with E-state index in [4.69, 9.17) is 0 Å². The van der Waals surface area contributed by atoms with Crippen molar-refractivity contribution in [1.29, 1.82) is 0 Å². The van der Waals surface area contributed by atoms with Gasteiger partial charge in [-0.25, -0.2) is 0 Å². The lowest BCUT2D eigenvalue weighted by Crippen LogP contribution is -2.56. The highest BCUT2D eigenvalue weighted by atomic mass is 16.2. The third-order valence-electron chi connectivity index (χ3n) is 7.27. The number of nitrogens with one attached hydrogen (secondary N) is 1. The summed E-state index contributed by atoms with van der Waals surface area (Å²) in [7, 11) is 1.83. The Morgan fingerprint density at radius 2 is 1.81 bits per heavy atom. The summed E-state index contributed by atoms with van der Waals surface area (Å²) in [6.07, 6.45) is 10.6. The number of aromatic nitrogens is 2. The van der Waals surface area contributed by atoms with Gasteiger partial charge in [-0.2, -0.15) is 5.10 Å². The molecule has 5 aliphatic rings. The predicted molar refractivity (Wildman–Crippen MR) is 97.2 cm³/mol. The summed E-state index contributed by atoms with van der Waals surface area (Å²) in [5.41, 5.74) is -0.164. The molecular weight excluding hydrogens is 328 g/mol. The minimum atomic E-state index is -0.336. The summed E-state index contributed by atoms with van der Waals surface area (Å²) in [6, 6.07) is 1.45. The molecule has 4 aliphatic carbocycles. The molecule has 1 unspecified atom stereocenters. The molecule has 1 aromatic heterocycles. The van der Waals surface area contributed by atoms with E-state index in [-0.39, 0.29) is 23.3 Å². The molecule has 26 heavy (non-hydrogen) atoms. The van der Waals surface area contributed by atoms with Crippen LogP contribution in [0.5, 0.6) is 0 Å². The molecule has 0 spiro atoms. The summed E-state index contributed by atoms with van der Waals surface area (Å²) in [6.45, 7) is 0.723. The predicted octanol–water partition coefficient (Wildman–Crippen LogP) is 2.57. The maximum absolute atomic E-state index is 13.6. The van der Waals surface area contributed by atoms with Crippen molar-refractivity contribution in [3.63, 3.8) is 0 Å². The second kappa shape index (κ2) is 5.83. The van der Waals surface area contributed by atoms with Gasteiger partial charge in [-0.1, -0.05) is 0 Å². The molecule has 6 rings (SSSR count). The standard InChI is InChI=1S/C20H28N4O2/c1-23-6-4-17(22-23)21-18(25)16-3-2-5-24(16)19(26)20-10-13-7-14(11-20)9-15(8-13)12-20/h4,6,13-16H,2-3,5,7-12H2,1H3,(H,21,22,25).